The van der Waals surface area contributed by atoms with Gasteiger partial charge in [0.1, 0.15) is 0 Å². The van der Waals surface area contributed by atoms with Gasteiger partial charge >= 0.3 is 0 Å². The predicted octanol–water partition coefficient (Wildman–Crippen LogP) is 2.95. The van der Waals surface area contributed by atoms with Gasteiger partial charge in [0.15, 0.2) is 0 Å². The summed E-state index contributed by atoms with van der Waals surface area (Å²) in [6, 6.07) is 13.3. The monoisotopic (exact) mass is 266 g/mol. The Kier molecular flexibility index (Phi) is 4.11. The fraction of sp³-hybridized carbons (Fsp3) is 0.188. The molecule has 0 aliphatic rings. The van der Waals surface area contributed by atoms with E-state index in [1.165, 1.54) is 0 Å². The first-order valence-electron chi connectivity index (χ1n) is 6.53. The number of nitriles is 1. The molecular formula is C16H18N4. The Bertz CT molecular complexity index is 656. The molecule has 0 spiro atoms. The molecule has 0 fully saturated rings. The van der Waals surface area contributed by atoms with Gasteiger partial charge < -0.3 is 17.2 Å². The summed E-state index contributed by atoms with van der Waals surface area (Å²) in [5, 5.41) is 8.67. The summed E-state index contributed by atoms with van der Waals surface area (Å²) in [5.74, 6) is 0. The van der Waals surface area contributed by atoms with Gasteiger partial charge in [0.05, 0.1) is 6.07 Å². The van der Waals surface area contributed by atoms with Gasteiger partial charge in [-0.15, -0.1) is 0 Å². The second kappa shape index (κ2) is 5.98. The van der Waals surface area contributed by atoms with Crippen molar-refractivity contribution in [1.29, 1.82) is 5.26 Å². The molecule has 0 aromatic heterocycles. The van der Waals surface area contributed by atoms with Crippen LogP contribution in [0.2, 0.25) is 0 Å². The first kappa shape index (κ1) is 13.8. The van der Waals surface area contributed by atoms with Crippen molar-refractivity contribution >= 4 is 17.1 Å². The Hall–Kier alpha value is -2.67. The number of benzene rings is 2. The Morgan fingerprint density at radius 1 is 0.900 bits per heavy atom. The molecule has 0 unspecified atom stereocenters. The van der Waals surface area contributed by atoms with Crippen LogP contribution < -0.4 is 17.2 Å². The van der Waals surface area contributed by atoms with Crippen LogP contribution in [0.15, 0.2) is 36.4 Å². The van der Waals surface area contributed by atoms with Crippen LogP contribution in [0.5, 0.6) is 0 Å². The standard InChI is InChI=1S/C16H18N4/c17-10-4-3-6-12-14(19)8-9-15(20)16(12)11-5-1-2-7-13(11)18/h1-2,5,7-9H,3-4,6,18-20H2. The maximum atomic E-state index is 8.67. The number of hydrogen-bond donors (Lipinski definition) is 3. The van der Waals surface area contributed by atoms with E-state index in [4.69, 9.17) is 22.5 Å². The van der Waals surface area contributed by atoms with Crippen molar-refractivity contribution in [3.8, 4) is 17.2 Å². The predicted molar refractivity (Wildman–Crippen MR) is 83.7 cm³/mol. The lowest BCUT2D eigenvalue weighted by Gasteiger charge is -2.16. The van der Waals surface area contributed by atoms with Crippen LogP contribution >= 0.6 is 0 Å². The quantitative estimate of drug-likeness (QED) is 0.584. The molecule has 0 saturated carbocycles. The maximum absolute atomic E-state index is 8.67. The third-order valence-corrected chi connectivity index (χ3v) is 3.33. The molecule has 6 N–H and O–H groups in total. The lowest BCUT2D eigenvalue weighted by Crippen LogP contribution is -2.03. The highest BCUT2D eigenvalue weighted by Gasteiger charge is 2.14. The summed E-state index contributed by atoms with van der Waals surface area (Å²) in [7, 11) is 0. The molecule has 0 radical (unpaired) electrons. The van der Waals surface area contributed by atoms with Crippen LogP contribution in [-0.4, -0.2) is 0 Å². The lowest BCUT2D eigenvalue weighted by atomic mass is 9.92. The van der Waals surface area contributed by atoms with E-state index in [0.29, 0.717) is 29.9 Å². The Labute approximate surface area is 118 Å². The van der Waals surface area contributed by atoms with Crippen LogP contribution in [0.4, 0.5) is 17.1 Å². The molecule has 0 saturated heterocycles. The first-order valence-corrected chi connectivity index (χ1v) is 6.53. The summed E-state index contributed by atoms with van der Waals surface area (Å²) in [5.41, 5.74) is 23.0. The van der Waals surface area contributed by atoms with E-state index in [9.17, 15) is 0 Å². The topological polar surface area (TPSA) is 102 Å². The van der Waals surface area contributed by atoms with Gasteiger partial charge in [-0.05, 0) is 36.6 Å². The van der Waals surface area contributed by atoms with Crippen LogP contribution in [0.1, 0.15) is 18.4 Å². The van der Waals surface area contributed by atoms with Crippen molar-refractivity contribution in [2.45, 2.75) is 19.3 Å². The fourth-order valence-electron chi connectivity index (χ4n) is 2.34. The van der Waals surface area contributed by atoms with Crippen molar-refractivity contribution in [3.05, 3.63) is 42.0 Å². The maximum Gasteiger partial charge on any atom is 0.0621 e. The molecule has 4 nitrogen and oxygen atoms in total. The van der Waals surface area contributed by atoms with Gasteiger partial charge in [-0.3, -0.25) is 0 Å². The summed E-state index contributed by atoms with van der Waals surface area (Å²) < 4.78 is 0. The Morgan fingerprint density at radius 2 is 1.60 bits per heavy atom. The lowest BCUT2D eigenvalue weighted by molar-refractivity contribution is 0.854. The van der Waals surface area contributed by atoms with E-state index in [1.54, 1.807) is 12.1 Å². The highest BCUT2D eigenvalue weighted by atomic mass is 14.6. The third kappa shape index (κ3) is 2.67. The van der Waals surface area contributed by atoms with Crippen LogP contribution in [0.25, 0.3) is 11.1 Å². The highest BCUT2D eigenvalue weighted by molar-refractivity contribution is 5.89. The second-order valence-electron chi connectivity index (χ2n) is 4.70. The van der Waals surface area contributed by atoms with Crippen molar-refractivity contribution in [3.63, 3.8) is 0 Å². The van der Waals surface area contributed by atoms with Crippen LogP contribution in [0, 0.1) is 11.3 Å². The minimum atomic E-state index is 0.498. The van der Waals surface area contributed by atoms with E-state index in [-0.39, 0.29) is 0 Å². The number of hydrogen-bond acceptors (Lipinski definition) is 4. The number of para-hydroxylation sites is 1. The average Bonchev–Trinajstić information content (AvgIpc) is 2.44. The first-order chi connectivity index (χ1) is 9.65. The minimum absolute atomic E-state index is 0.498. The molecule has 0 aliphatic carbocycles. The number of nitrogens with two attached hydrogens (primary N) is 3. The van der Waals surface area contributed by atoms with Crippen LogP contribution in [-0.2, 0) is 6.42 Å². The zero-order valence-electron chi connectivity index (χ0n) is 11.3. The molecule has 0 heterocycles. The van der Waals surface area contributed by atoms with Crippen molar-refractivity contribution in [2.24, 2.45) is 0 Å². The largest absolute Gasteiger partial charge is 0.398 e. The molecule has 20 heavy (non-hydrogen) atoms. The molecule has 2 aromatic carbocycles. The van der Waals surface area contributed by atoms with E-state index in [0.717, 1.165) is 23.1 Å². The molecule has 2 aromatic rings. The molecule has 0 atom stereocenters. The highest BCUT2D eigenvalue weighted by Crippen LogP contribution is 2.37. The molecule has 102 valence electrons. The number of unbranched alkanes of at least 4 members (excludes halogenated alkanes) is 1. The van der Waals surface area contributed by atoms with Crippen molar-refractivity contribution < 1.29 is 0 Å². The fourth-order valence-corrected chi connectivity index (χ4v) is 2.34. The van der Waals surface area contributed by atoms with E-state index >= 15 is 0 Å². The number of nitrogen functional groups attached to an aromatic ring is 3. The average molecular weight is 266 g/mol. The SMILES string of the molecule is N#CCCCc1c(N)ccc(N)c1-c1ccccc1N. The van der Waals surface area contributed by atoms with Crippen molar-refractivity contribution in [1.82, 2.24) is 0 Å². The molecule has 0 bridgehead atoms. The molecule has 0 amide bonds. The smallest absolute Gasteiger partial charge is 0.0621 e. The number of anilines is 3. The molecule has 0 aliphatic heterocycles. The summed E-state index contributed by atoms with van der Waals surface area (Å²) >= 11 is 0. The van der Waals surface area contributed by atoms with Crippen LogP contribution in [0.3, 0.4) is 0 Å². The van der Waals surface area contributed by atoms with E-state index in [1.807, 2.05) is 24.3 Å². The minimum Gasteiger partial charge on any atom is -0.398 e. The Morgan fingerprint density at radius 3 is 2.30 bits per heavy atom. The van der Waals surface area contributed by atoms with Gasteiger partial charge in [-0.25, -0.2) is 0 Å². The zero-order valence-corrected chi connectivity index (χ0v) is 11.3. The normalized spacial score (nSPS) is 10.2. The van der Waals surface area contributed by atoms with E-state index in [2.05, 4.69) is 6.07 Å². The number of nitrogens with zero attached hydrogens (tertiary/aromatic N) is 1. The zero-order chi connectivity index (χ0) is 14.5. The van der Waals surface area contributed by atoms with Gasteiger partial charge in [0.25, 0.3) is 0 Å². The summed E-state index contributed by atoms with van der Waals surface area (Å²) in [4.78, 5) is 0. The van der Waals surface area contributed by atoms with E-state index < -0.39 is 0 Å². The van der Waals surface area contributed by atoms with Gasteiger partial charge in [-0.1, -0.05) is 18.2 Å². The molecule has 2 rings (SSSR count). The third-order valence-electron chi connectivity index (χ3n) is 3.33. The van der Waals surface area contributed by atoms with Gasteiger partial charge in [0, 0.05) is 34.6 Å². The summed E-state index contributed by atoms with van der Waals surface area (Å²) in [6.07, 6.45) is 1.97. The summed E-state index contributed by atoms with van der Waals surface area (Å²) in [6.45, 7) is 0. The van der Waals surface area contributed by atoms with Crippen molar-refractivity contribution in [2.75, 3.05) is 17.2 Å². The Balaban J connectivity index is 2.54. The second-order valence-corrected chi connectivity index (χ2v) is 4.70. The van der Waals surface area contributed by atoms with Gasteiger partial charge in [-0.2, -0.15) is 5.26 Å². The molecule has 4 heteroatoms. The molecular weight excluding hydrogens is 248 g/mol. The number of rotatable bonds is 4. The van der Waals surface area contributed by atoms with Gasteiger partial charge in [0.2, 0.25) is 0 Å².